The first kappa shape index (κ1) is 19.4. The highest BCUT2D eigenvalue weighted by Gasteiger charge is 2.36. The molecule has 3 aromatic heterocycles. The first-order valence-corrected chi connectivity index (χ1v) is 10.7. The highest BCUT2D eigenvalue weighted by molar-refractivity contribution is 7.99. The number of hydrazone groups is 1. The molecule has 4 heterocycles. The number of benzene rings is 1. The molecule has 9 heteroatoms. The predicted octanol–water partition coefficient (Wildman–Crippen LogP) is 4.18. The molecule has 1 aliphatic heterocycles. The van der Waals surface area contributed by atoms with Gasteiger partial charge in [-0.25, -0.2) is 15.0 Å². The van der Waals surface area contributed by atoms with Crippen LogP contribution in [-0.4, -0.2) is 32.3 Å². The molecule has 0 spiro atoms. The van der Waals surface area contributed by atoms with Crippen molar-refractivity contribution < 1.29 is 13.6 Å². The first-order chi connectivity index (χ1) is 15.1. The molecule has 1 atom stereocenters. The van der Waals surface area contributed by atoms with E-state index in [-0.39, 0.29) is 17.7 Å². The minimum atomic E-state index is -0.338. The molecule has 2 N–H and O–H groups in total. The van der Waals surface area contributed by atoms with Crippen molar-refractivity contribution in [2.75, 3.05) is 11.5 Å². The summed E-state index contributed by atoms with van der Waals surface area (Å²) in [6, 6.07) is 14.7. The minimum absolute atomic E-state index is 0.122. The minimum Gasteiger partial charge on any atom is -0.467 e. The predicted molar refractivity (Wildman–Crippen MR) is 118 cm³/mol. The molecule has 0 bridgehead atoms. The quantitative estimate of drug-likeness (QED) is 0.371. The van der Waals surface area contributed by atoms with Crippen molar-refractivity contribution in [3.63, 3.8) is 0 Å². The number of aryl methyl sites for hydroxylation is 1. The summed E-state index contributed by atoms with van der Waals surface area (Å²) in [5, 5.41) is 7.52. The number of hydrogen-bond donors (Lipinski definition) is 1. The van der Waals surface area contributed by atoms with E-state index in [0.717, 1.165) is 16.7 Å². The molecule has 31 heavy (non-hydrogen) atoms. The SMILES string of the molecule is Cc1cc(N)nc(SCC(=O)N2N=C(c3cc4ccccc4o3)C[C@@H]2c2ccco2)n1. The van der Waals surface area contributed by atoms with Crippen LogP contribution in [0.25, 0.3) is 11.0 Å². The Kier molecular flexibility index (Phi) is 4.95. The maximum absolute atomic E-state index is 13.1. The van der Waals surface area contributed by atoms with Crippen LogP contribution in [0, 0.1) is 6.92 Å². The summed E-state index contributed by atoms with van der Waals surface area (Å²) in [5.74, 6) is 1.64. The average molecular weight is 433 g/mol. The van der Waals surface area contributed by atoms with Gasteiger partial charge in [0.1, 0.15) is 28.9 Å². The van der Waals surface area contributed by atoms with Gasteiger partial charge in [0.15, 0.2) is 10.9 Å². The van der Waals surface area contributed by atoms with Crippen LogP contribution in [0.5, 0.6) is 0 Å². The summed E-state index contributed by atoms with van der Waals surface area (Å²) < 4.78 is 11.6. The lowest BCUT2D eigenvalue weighted by Gasteiger charge is -2.19. The van der Waals surface area contributed by atoms with Gasteiger partial charge in [-0.2, -0.15) is 5.10 Å². The Morgan fingerprint density at radius 1 is 1.23 bits per heavy atom. The fraction of sp³-hybridized carbons (Fsp3) is 0.182. The van der Waals surface area contributed by atoms with Gasteiger partial charge in [-0.1, -0.05) is 30.0 Å². The van der Waals surface area contributed by atoms with E-state index in [9.17, 15) is 4.79 Å². The Morgan fingerprint density at radius 2 is 2.10 bits per heavy atom. The topological polar surface area (TPSA) is 111 Å². The van der Waals surface area contributed by atoms with E-state index in [1.165, 1.54) is 16.8 Å². The Morgan fingerprint density at radius 3 is 2.87 bits per heavy atom. The molecule has 8 nitrogen and oxygen atoms in total. The number of carbonyl (C=O) groups excluding carboxylic acids is 1. The van der Waals surface area contributed by atoms with Gasteiger partial charge in [0.25, 0.3) is 5.91 Å². The number of para-hydroxylation sites is 1. The summed E-state index contributed by atoms with van der Waals surface area (Å²) >= 11 is 1.23. The molecular weight excluding hydrogens is 414 g/mol. The number of aromatic nitrogens is 2. The van der Waals surface area contributed by atoms with Crippen molar-refractivity contribution in [3.05, 3.63) is 72.0 Å². The van der Waals surface area contributed by atoms with Crippen molar-refractivity contribution in [2.24, 2.45) is 5.10 Å². The van der Waals surface area contributed by atoms with Gasteiger partial charge in [-0.05, 0) is 31.2 Å². The van der Waals surface area contributed by atoms with E-state index < -0.39 is 0 Å². The van der Waals surface area contributed by atoms with E-state index in [4.69, 9.17) is 14.6 Å². The lowest BCUT2D eigenvalue weighted by molar-refractivity contribution is -0.130. The highest BCUT2D eigenvalue weighted by atomic mass is 32.2. The zero-order valence-corrected chi connectivity index (χ0v) is 17.5. The van der Waals surface area contributed by atoms with Crippen molar-refractivity contribution in [1.82, 2.24) is 15.0 Å². The monoisotopic (exact) mass is 433 g/mol. The molecule has 0 fully saturated rings. The van der Waals surface area contributed by atoms with Crippen molar-refractivity contribution in [2.45, 2.75) is 24.5 Å². The number of fused-ring (bicyclic) bond motifs is 1. The van der Waals surface area contributed by atoms with E-state index in [2.05, 4.69) is 15.1 Å². The molecule has 0 radical (unpaired) electrons. The van der Waals surface area contributed by atoms with Crippen LogP contribution in [0.15, 0.2) is 73.9 Å². The van der Waals surface area contributed by atoms with Crippen molar-refractivity contribution in [3.8, 4) is 0 Å². The normalized spacial score (nSPS) is 16.1. The third kappa shape index (κ3) is 3.91. The van der Waals surface area contributed by atoms with Gasteiger partial charge in [-0.15, -0.1) is 0 Å². The van der Waals surface area contributed by atoms with Crippen molar-refractivity contribution in [1.29, 1.82) is 0 Å². The lowest BCUT2D eigenvalue weighted by atomic mass is 10.1. The Balaban J connectivity index is 1.41. The molecular formula is C22H19N5O3S. The Bertz CT molecular complexity index is 1230. The van der Waals surface area contributed by atoms with Gasteiger partial charge in [0.2, 0.25) is 0 Å². The van der Waals surface area contributed by atoms with Gasteiger partial charge in [0, 0.05) is 23.6 Å². The Hall–Kier alpha value is -3.59. The van der Waals surface area contributed by atoms with Gasteiger partial charge in [-0.3, -0.25) is 4.79 Å². The number of anilines is 1. The first-order valence-electron chi connectivity index (χ1n) is 9.72. The summed E-state index contributed by atoms with van der Waals surface area (Å²) in [6.07, 6.45) is 2.09. The van der Waals surface area contributed by atoms with Crippen LogP contribution in [-0.2, 0) is 4.79 Å². The molecule has 1 aliphatic rings. The summed E-state index contributed by atoms with van der Waals surface area (Å²) in [4.78, 5) is 21.6. The zero-order valence-electron chi connectivity index (χ0n) is 16.7. The summed E-state index contributed by atoms with van der Waals surface area (Å²) in [6.45, 7) is 1.83. The summed E-state index contributed by atoms with van der Waals surface area (Å²) in [5.41, 5.74) is 8.02. The van der Waals surface area contributed by atoms with Gasteiger partial charge in [0.05, 0.1) is 12.0 Å². The van der Waals surface area contributed by atoms with Crippen molar-refractivity contribution >= 4 is 40.2 Å². The molecule has 4 aromatic rings. The van der Waals surface area contributed by atoms with E-state index in [0.29, 0.717) is 34.6 Å². The number of rotatable bonds is 5. The number of nitrogens with two attached hydrogens (primary N) is 1. The maximum Gasteiger partial charge on any atom is 0.253 e. The maximum atomic E-state index is 13.1. The molecule has 0 unspecified atom stereocenters. The zero-order chi connectivity index (χ0) is 21.4. The molecule has 0 saturated heterocycles. The molecule has 0 aliphatic carbocycles. The second-order valence-corrected chi connectivity index (χ2v) is 8.12. The second-order valence-electron chi connectivity index (χ2n) is 7.17. The van der Waals surface area contributed by atoms with E-state index in [1.807, 2.05) is 43.3 Å². The highest BCUT2D eigenvalue weighted by Crippen LogP contribution is 2.35. The average Bonchev–Trinajstić information content (AvgIpc) is 3.49. The molecule has 156 valence electrons. The third-order valence-electron chi connectivity index (χ3n) is 4.93. The largest absolute Gasteiger partial charge is 0.467 e. The fourth-order valence-corrected chi connectivity index (χ4v) is 4.30. The second kappa shape index (κ2) is 7.92. The fourth-order valence-electron chi connectivity index (χ4n) is 3.54. The molecule has 1 amide bonds. The molecule has 5 rings (SSSR count). The number of carbonyl (C=O) groups is 1. The van der Waals surface area contributed by atoms with Gasteiger partial charge < -0.3 is 14.6 Å². The number of thioether (sulfide) groups is 1. The van der Waals surface area contributed by atoms with Crippen LogP contribution >= 0.6 is 11.8 Å². The van der Waals surface area contributed by atoms with Crippen LogP contribution < -0.4 is 5.73 Å². The number of nitrogens with zero attached hydrogens (tertiary/aromatic N) is 4. The number of amides is 1. The number of nitrogen functional groups attached to an aromatic ring is 1. The van der Waals surface area contributed by atoms with Crippen LogP contribution in [0.2, 0.25) is 0 Å². The van der Waals surface area contributed by atoms with E-state index in [1.54, 1.807) is 18.4 Å². The van der Waals surface area contributed by atoms with E-state index >= 15 is 0 Å². The number of hydrogen-bond acceptors (Lipinski definition) is 8. The number of furan rings is 2. The molecule has 0 saturated carbocycles. The van der Waals surface area contributed by atoms with Crippen LogP contribution in [0.4, 0.5) is 5.82 Å². The summed E-state index contributed by atoms with van der Waals surface area (Å²) in [7, 11) is 0. The standard InChI is InChI=1S/C22H19N5O3S/c1-13-9-20(23)25-22(24-13)31-12-21(28)27-16(18-7-4-8-29-18)11-15(26-27)19-10-14-5-2-3-6-17(14)30-19/h2-10,16H,11-12H2,1H3,(H2,23,24,25)/t16-/m1/s1. The van der Waals surface area contributed by atoms with Crippen LogP contribution in [0.1, 0.15) is 29.7 Å². The third-order valence-corrected chi connectivity index (χ3v) is 5.76. The van der Waals surface area contributed by atoms with Gasteiger partial charge >= 0.3 is 0 Å². The lowest BCUT2D eigenvalue weighted by Crippen LogP contribution is -2.28. The molecule has 1 aromatic carbocycles. The van der Waals surface area contributed by atoms with Crippen LogP contribution in [0.3, 0.4) is 0 Å². The smallest absolute Gasteiger partial charge is 0.253 e. The Labute approximate surface area is 182 Å².